The Labute approximate surface area is 107 Å². The summed E-state index contributed by atoms with van der Waals surface area (Å²) in [4.78, 5) is 0. The van der Waals surface area contributed by atoms with Crippen LogP contribution in [0.25, 0.3) is 11.3 Å². The summed E-state index contributed by atoms with van der Waals surface area (Å²) in [5.74, 6) is 0. The highest BCUT2D eigenvalue weighted by Crippen LogP contribution is 2.32. The van der Waals surface area contributed by atoms with Crippen LogP contribution in [0.15, 0.2) is 30.5 Å². The van der Waals surface area contributed by atoms with E-state index >= 15 is 0 Å². The quantitative estimate of drug-likeness (QED) is 0.745. The lowest BCUT2D eigenvalue weighted by Gasteiger charge is -2.19. The summed E-state index contributed by atoms with van der Waals surface area (Å²) in [5.41, 5.74) is 3.65. The van der Waals surface area contributed by atoms with Crippen LogP contribution >= 0.6 is 11.6 Å². The van der Waals surface area contributed by atoms with E-state index in [1.165, 1.54) is 5.56 Å². The molecule has 0 saturated carbocycles. The molecular weight excluding hydrogens is 232 g/mol. The lowest BCUT2D eigenvalue weighted by atomic mass is 9.86. The van der Waals surface area contributed by atoms with Gasteiger partial charge in [0.2, 0.25) is 0 Å². The van der Waals surface area contributed by atoms with Gasteiger partial charge in [-0.2, -0.15) is 5.10 Å². The van der Waals surface area contributed by atoms with Gasteiger partial charge in [0, 0.05) is 23.2 Å². The van der Waals surface area contributed by atoms with Gasteiger partial charge in [-0.25, -0.2) is 0 Å². The molecule has 3 heteroatoms. The van der Waals surface area contributed by atoms with Gasteiger partial charge < -0.3 is 0 Å². The van der Waals surface area contributed by atoms with Crippen molar-refractivity contribution in [1.29, 1.82) is 0 Å². The highest BCUT2D eigenvalue weighted by molar-refractivity contribution is 6.30. The average molecular weight is 249 g/mol. The van der Waals surface area contributed by atoms with Crippen LogP contribution in [0.3, 0.4) is 0 Å². The van der Waals surface area contributed by atoms with Crippen LogP contribution in [0.4, 0.5) is 0 Å². The molecule has 1 aromatic heterocycles. The van der Waals surface area contributed by atoms with Gasteiger partial charge in [0.15, 0.2) is 0 Å². The van der Waals surface area contributed by atoms with Crippen molar-refractivity contribution in [3.05, 3.63) is 41.0 Å². The Hall–Kier alpha value is -1.28. The Morgan fingerprint density at radius 1 is 1.12 bits per heavy atom. The summed E-state index contributed by atoms with van der Waals surface area (Å²) in [5, 5.41) is 5.12. The van der Waals surface area contributed by atoms with E-state index < -0.39 is 0 Å². The highest BCUT2D eigenvalue weighted by Gasteiger charge is 2.22. The Morgan fingerprint density at radius 3 is 2.24 bits per heavy atom. The topological polar surface area (TPSA) is 17.8 Å². The maximum atomic E-state index is 5.92. The molecule has 1 aromatic carbocycles. The Kier molecular flexibility index (Phi) is 3.00. The van der Waals surface area contributed by atoms with E-state index in [-0.39, 0.29) is 5.41 Å². The first-order valence-electron chi connectivity index (χ1n) is 5.68. The molecule has 0 unspecified atom stereocenters. The molecule has 2 nitrogen and oxygen atoms in total. The van der Waals surface area contributed by atoms with E-state index in [0.29, 0.717) is 0 Å². The van der Waals surface area contributed by atoms with Crippen LogP contribution in [0.2, 0.25) is 5.02 Å². The largest absolute Gasteiger partial charge is 0.268 e. The molecule has 0 N–H and O–H groups in total. The first-order chi connectivity index (χ1) is 7.89. The second-order valence-corrected chi connectivity index (χ2v) is 5.72. The van der Waals surface area contributed by atoms with Gasteiger partial charge in [-0.15, -0.1) is 0 Å². The van der Waals surface area contributed by atoms with Crippen molar-refractivity contribution < 1.29 is 0 Å². The summed E-state index contributed by atoms with van der Waals surface area (Å²) >= 11 is 5.92. The number of nitrogens with zero attached hydrogens (tertiary/aromatic N) is 2. The van der Waals surface area contributed by atoms with E-state index in [1.54, 1.807) is 0 Å². The standard InChI is InChI=1S/C14H17ClN2/c1-14(2,3)12-9-16-17(4)13(12)10-5-7-11(15)8-6-10/h5-9H,1-4H3. The molecule has 0 atom stereocenters. The predicted octanol–water partition coefficient (Wildman–Crippen LogP) is 4.04. The summed E-state index contributed by atoms with van der Waals surface area (Å²) in [6, 6.07) is 7.90. The Bertz CT molecular complexity index is 518. The van der Waals surface area contributed by atoms with Crippen LogP contribution < -0.4 is 0 Å². The van der Waals surface area contributed by atoms with E-state index in [2.05, 4.69) is 25.9 Å². The average Bonchev–Trinajstić information content (AvgIpc) is 2.61. The number of aromatic nitrogens is 2. The minimum absolute atomic E-state index is 0.0865. The Balaban J connectivity index is 2.59. The molecule has 0 radical (unpaired) electrons. The fraction of sp³-hybridized carbons (Fsp3) is 0.357. The van der Waals surface area contributed by atoms with E-state index in [4.69, 9.17) is 11.6 Å². The molecule has 0 amide bonds. The van der Waals surface area contributed by atoms with Crippen LogP contribution in [0.5, 0.6) is 0 Å². The number of aryl methyl sites for hydroxylation is 1. The zero-order valence-corrected chi connectivity index (χ0v) is 11.4. The molecule has 17 heavy (non-hydrogen) atoms. The minimum atomic E-state index is 0.0865. The van der Waals surface area contributed by atoms with Crippen molar-refractivity contribution >= 4 is 11.6 Å². The van der Waals surface area contributed by atoms with Gasteiger partial charge in [0.25, 0.3) is 0 Å². The van der Waals surface area contributed by atoms with Crippen molar-refractivity contribution in [2.24, 2.45) is 7.05 Å². The lowest BCUT2D eigenvalue weighted by molar-refractivity contribution is 0.591. The van der Waals surface area contributed by atoms with Gasteiger partial charge in [-0.1, -0.05) is 44.5 Å². The molecule has 90 valence electrons. The van der Waals surface area contributed by atoms with Crippen LogP contribution in [-0.4, -0.2) is 9.78 Å². The molecule has 0 spiro atoms. The third kappa shape index (κ3) is 2.37. The van der Waals surface area contributed by atoms with Crippen LogP contribution in [-0.2, 0) is 12.5 Å². The molecule has 2 aromatic rings. The van der Waals surface area contributed by atoms with Crippen molar-refractivity contribution in [2.45, 2.75) is 26.2 Å². The first kappa shape index (κ1) is 12.2. The summed E-state index contributed by atoms with van der Waals surface area (Å²) in [6.07, 6.45) is 1.95. The molecule has 0 saturated heterocycles. The number of halogens is 1. The molecule has 1 heterocycles. The molecular formula is C14H17ClN2. The molecule has 0 fully saturated rings. The van der Waals surface area contributed by atoms with Crippen LogP contribution in [0, 0.1) is 0 Å². The van der Waals surface area contributed by atoms with Crippen molar-refractivity contribution in [3.63, 3.8) is 0 Å². The van der Waals surface area contributed by atoms with Crippen molar-refractivity contribution in [2.75, 3.05) is 0 Å². The van der Waals surface area contributed by atoms with E-state index in [9.17, 15) is 0 Å². The van der Waals surface area contributed by atoms with Gasteiger partial charge in [-0.05, 0) is 17.5 Å². The molecule has 0 bridgehead atoms. The second-order valence-electron chi connectivity index (χ2n) is 5.29. The normalized spacial score (nSPS) is 11.8. The minimum Gasteiger partial charge on any atom is -0.268 e. The monoisotopic (exact) mass is 248 g/mol. The first-order valence-corrected chi connectivity index (χ1v) is 6.06. The smallest absolute Gasteiger partial charge is 0.0716 e. The SMILES string of the molecule is Cn1ncc(C(C)(C)C)c1-c1ccc(Cl)cc1. The van der Waals surface area contributed by atoms with Gasteiger partial charge in [0.1, 0.15) is 0 Å². The third-order valence-electron chi connectivity index (χ3n) is 2.86. The zero-order chi connectivity index (χ0) is 12.6. The van der Waals surface area contributed by atoms with Crippen LogP contribution in [0.1, 0.15) is 26.3 Å². The number of hydrogen-bond acceptors (Lipinski definition) is 1. The van der Waals surface area contributed by atoms with Gasteiger partial charge in [0.05, 0.1) is 11.9 Å². The number of hydrogen-bond donors (Lipinski definition) is 0. The maximum Gasteiger partial charge on any atom is 0.0716 e. The predicted molar refractivity (Wildman–Crippen MR) is 72.4 cm³/mol. The summed E-state index contributed by atoms with van der Waals surface area (Å²) < 4.78 is 1.92. The number of benzene rings is 1. The Morgan fingerprint density at radius 2 is 1.71 bits per heavy atom. The van der Waals surface area contributed by atoms with E-state index in [1.807, 2.05) is 42.2 Å². The summed E-state index contributed by atoms with van der Waals surface area (Å²) in [6.45, 7) is 6.59. The lowest BCUT2D eigenvalue weighted by Crippen LogP contribution is -2.12. The highest BCUT2D eigenvalue weighted by atomic mass is 35.5. The van der Waals surface area contributed by atoms with Gasteiger partial charge >= 0.3 is 0 Å². The molecule has 0 aliphatic rings. The third-order valence-corrected chi connectivity index (χ3v) is 3.12. The van der Waals surface area contributed by atoms with Crippen molar-refractivity contribution in [3.8, 4) is 11.3 Å². The maximum absolute atomic E-state index is 5.92. The van der Waals surface area contributed by atoms with E-state index in [0.717, 1.165) is 16.3 Å². The molecule has 0 aliphatic carbocycles. The van der Waals surface area contributed by atoms with Crippen molar-refractivity contribution in [1.82, 2.24) is 9.78 Å². The molecule has 0 aliphatic heterocycles. The van der Waals surface area contributed by atoms with Gasteiger partial charge in [-0.3, -0.25) is 4.68 Å². The summed E-state index contributed by atoms with van der Waals surface area (Å²) in [7, 11) is 1.97. The zero-order valence-electron chi connectivity index (χ0n) is 10.7. The fourth-order valence-electron chi connectivity index (χ4n) is 1.94. The number of rotatable bonds is 1. The molecule has 2 rings (SSSR count). The fourth-order valence-corrected chi connectivity index (χ4v) is 2.06. The second kappa shape index (κ2) is 4.19.